The largest absolute Gasteiger partial charge is 0.480 e. The maximum absolute atomic E-state index is 12.5. The lowest BCUT2D eigenvalue weighted by Gasteiger charge is -2.20. The van der Waals surface area contributed by atoms with Crippen LogP contribution in [0.5, 0.6) is 0 Å². The molecule has 2 N–H and O–H groups in total. The van der Waals surface area contributed by atoms with Crippen molar-refractivity contribution < 1.29 is 27.9 Å². The van der Waals surface area contributed by atoms with Crippen LogP contribution in [-0.4, -0.2) is 38.6 Å². The number of methoxy groups -OCH3 is 1. The Morgan fingerprint density at radius 1 is 1.35 bits per heavy atom. The Kier molecular flexibility index (Phi) is 6.28. The predicted octanol–water partition coefficient (Wildman–Crippen LogP) is 1.56. The third-order valence-electron chi connectivity index (χ3n) is 3.59. The standard InChI is InChI=1S/C15H21NO6S/c1-5-10(3)13(14(17)18)16-23(20,21)12-7-6-9(2)8-11(12)15(19)22-4/h6-8,10,13,16H,5H2,1-4H3,(H,17,18)/t10-,13-/m0/s1. The summed E-state index contributed by atoms with van der Waals surface area (Å²) in [5, 5.41) is 9.24. The zero-order valence-corrected chi connectivity index (χ0v) is 14.3. The molecule has 0 bridgehead atoms. The number of carbonyl (C=O) groups excluding carboxylic acids is 1. The van der Waals surface area contributed by atoms with Crippen molar-refractivity contribution in [2.24, 2.45) is 5.92 Å². The summed E-state index contributed by atoms with van der Waals surface area (Å²) in [6, 6.07) is 2.90. The molecule has 7 nitrogen and oxygen atoms in total. The lowest BCUT2D eigenvalue weighted by molar-refractivity contribution is -0.140. The highest BCUT2D eigenvalue weighted by atomic mass is 32.2. The van der Waals surface area contributed by atoms with E-state index >= 15 is 0 Å². The molecule has 23 heavy (non-hydrogen) atoms. The van der Waals surface area contributed by atoms with Crippen LogP contribution in [0.25, 0.3) is 0 Å². The molecule has 0 aliphatic rings. The smallest absolute Gasteiger partial charge is 0.339 e. The summed E-state index contributed by atoms with van der Waals surface area (Å²) >= 11 is 0. The van der Waals surface area contributed by atoms with Crippen LogP contribution in [0.3, 0.4) is 0 Å². The minimum absolute atomic E-state index is 0.131. The summed E-state index contributed by atoms with van der Waals surface area (Å²) in [5.41, 5.74) is 0.550. The zero-order valence-electron chi connectivity index (χ0n) is 13.5. The van der Waals surface area contributed by atoms with Crippen molar-refractivity contribution >= 4 is 22.0 Å². The summed E-state index contributed by atoms with van der Waals surface area (Å²) in [6.45, 7) is 5.10. The summed E-state index contributed by atoms with van der Waals surface area (Å²) in [6.07, 6.45) is 0.483. The van der Waals surface area contributed by atoms with Crippen molar-refractivity contribution in [2.75, 3.05) is 7.11 Å². The first kappa shape index (κ1) is 19.1. The highest BCUT2D eigenvalue weighted by Crippen LogP contribution is 2.20. The molecule has 128 valence electrons. The number of nitrogens with one attached hydrogen (secondary N) is 1. The van der Waals surface area contributed by atoms with Gasteiger partial charge in [0.1, 0.15) is 6.04 Å². The number of carbonyl (C=O) groups is 2. The van der Waals surface area contributed by atoms with Crippen molar-refractivity contribution in [3.05, 3.63) is 29.3 Å². The molecule has 0 spiro atoms. The molecule has 0 aromatic heterocycles. The van der Waals surface area contributed by atoms with E-state index in [9.17, 15) is 23.1 Å². The Morgan fingerprint density at radius 3 is 2.43 bits per heavy atom. The number of aliphatic carboxylic acids is 1. The van der Waals surface area contributed by atoms with Gasteiger partial charge in [-0.2, -0.15) is 4.72 Å². The third-order valence-corrected chi connectivity index (χ3v) is 5.09. The number of sulfonamides is 1. The van der Waals surface area contributed by atoms with E-state index in [1.54, 1.807) is 20.8 Å². The van der Waals surface area contributed by atoms with Crippen LogP contribution in [0.4, 0.5) is 0 Å². The Hall–Kier alpha value is -1.93. The van der Waals surface area contributed by atoms with E-state index in [1.165, 1.54) is 18.2 Å². The molecule has 1 aromatic rings. The molecule has 1 rings (SSSR count). The summed E-state index contributed by atoms with van der Waals surface area (Å²) in [7, 11) is -3.05. The number of carboxylic acid groups (broad SMARTS) is 1. The van der Waals surface area contributed by atoms with Gasteiger partial charge in [-0.15, -0.1) is 0 Å². The van der Waals surface area contributed by atoms with Crippen molar-refractivity contribution in [3.63, 3.8) is 0 Å². The van der Waals surface area contributed by atoms with Crippen LogP contribution >= 0.6 is 0 Å². The molecule has 0 unspecified atom stereocenters. The lowest BCUT2D eigenvalue weighted by atomic mass is 10.0. The predicted molar refractivity (Wildman–Crippen MR) is 83.7 cm³/mol. The molecule has 0 saturated heterocycles. The average molecular weight is 343 g/mol. The maximum atomic E-state index is 12.5. The van der Waals surface area contributed by atoms with Gasteiger partial charge in [0.25, 0.3) is 0 Å². The molecule has 0 heterocycles. The number of hydrogen-bond donors (Lipinski definition) is 2. The van der Waals surface area contributed by atoms with Crippen LogP contribution in [0.15, 0.2) is 23.1 Å². The highest BCUT2D eigenvalue weighted by molar-refractivity contribution is 7.89. The van der Waals surface area contributed by atoms with Crippen LogP contribution in [0, 0.1) is 12.8 Å². The Morgan fingerprint density at radius 2 is 1.96 bits per heavy atom. The molecule has 8 heteroatoms. The minimum Gasteiger partial charge on any atom is -0.480 e. The topological polar surface area (TPSA) is 110 Å². The summed E-state index contributed by atoms with van der Waals surface area (Å²) in [4.78, 5) is 22.8. The van der Waals surface area contributed by atoms with Crippen molar-refractivity contribution in [2.45, 2.75) is 38.1 Å². The molecule has 0 amide bonds. The molecular weight excluding hydrogens is 322 g/mol. The second-order valence-electron chi connectivity index (χ2n) is 5.31. The first-order valence-corrected chi connectivity index (χ1v) is 8.56. The van der Waals surface area contributed by atoms with E-state index in [0.29, 0.717) is 12.0 Å². The fourth-order valence-electron chi connectivity index (χ4n) is 2.02. The van der Waals surface area contributed by atoms with Gasteiger partial charge in [0.2, 0.25) is 10.0 Å². The molecule has 0 fully saturated rings. The summed E-state index contributed by atoms with van der Waals surface area (Å²) in [5.74, 6) is -2.48. The average Bonchev–Trinajstić information content (AvgIpc) is 2.50. The molecule has 2 atom stereocenters. The molecule has 0 saturated carbocycles. The van der Waals surface area contributed by atoms with Crippen LogP contribution in [0.1, 0.15) is 36.2 Å². The van der Waals surface area contributed by atoms with Crippen molar-refractivity contribution in [1.29, 1.82) is 0 Å². The van der Waals surface area contributed by atoms with Gasteiger partial charge >= 0.3 is 11.9 Å². The number of benzene rings is 1. The van der Waals surface area contributed by atoms with E-state index in [2.05, 4.69) is 9.46 Å². The minimum atomic E-state index is -4.19. The Balaban J connectivity index is 3.33. The Labute approximate surface area is 135 Å². The first-order chi connectivity index (χ1) is 10.6. The van der Waals surface area contributed by atoms with Gasteiger partial charge in [0.15, 0.2) is 0 Å². The zero-order chi connectivity index (χ0) is 17.8. The third kappa shape index (κ3) is 4.52. The first-order valence-electron chi connectivity index (χ1n) is 7.08. The van der Waals surface area contributed by atoms with Crippen molar-refractivity contribution in [1.82, 2.24) is 4.72 Å². The number of esters is 1. The van der Waals surface area contributed by atoms with Gasteiger partial charge in [-0.3, -0.25) is 4.79 Å². The van der Waals surface area contributed by atoms with Gasteiger partial charge in [0, 0.05) is 0 Å². The normalized spacial score (nSPS) is 14.1. The van der Waals surface area contributed by atoms with Gasteiger partial charge in [0.05, 0.1) is 17.6 Å². The van der Waals surface area contributed by atoms with Gasteiger partial charge in [-0.1, -0.05) is 31.9 Å². The number of carboxylic acids is 1. The molecule has 0 radical (unpaired) electrons. The van der Waals surface area contributed by atoms with Crippen LogP contribution in [-0.2, 0) is 19.6 Å². The highest BCUT2D eigenvalue weighted by Gasteiger charge is 2.31. The molecule has 0 aliphatic carbocycles. The molecule has 0 aliphatic heterocycles. The van der Waals surface area contributed by atoms with Crippen molar-refractivity contribution in [3.8, 4) is 0 Å². The summed E-state index contributed by atoms with van der Waals surface area (Å²) < 4.78 is 31.8. The number of rotatable bonds is 7. The fourth-order valence-corrected chi connectivity index (χ4v) is 3.50. The van der Waals surface area contributed by atoms with E-state index in [4.69, 9.17) is 0 Å². The van der Waals surface area contributed by atoms with E-state index < -0.39 is 33.9 Å². The maximum Gasteiger partial charge on any atom is 0.339 e. The van der Waals surface area contributed by atoms with Gasteiger partial charge in [-0.25, -0.2) is 13.2 Å². The lowest BCUT2D eigenvalue weighted by Crippen LogP contribution is -2.45. The van der Waals surface area contributed by atoms with E-state index in [1.807, 2.05) is 0 Å². The SMILES string of the molecule is CC[C@H](C)[C@H](NS(=O)(=O)c1ccc(C)cc1C(=O)OC)C(=O)O. The Bertz CT molecular complexity index is 698. The van der Waals surface area contributed by atoms with E-state index in [0.717, 1.165) is 7.11 Å². The number of hydrogen-bond acceptors (Lipinski definition) is 5. The second-order valence-corrected chi connectivity index (χ2v) is 7.00. The fraction of sp³-hybridized carbons (Fsp3) is 0.467. The molecule has 1 aromatic carbocycles. The van der Waals surface area contributed by atoms with Gasteiger partial charge < -0.3 is 9.84 Å². The quantitative estimate of drug-likeness (QED) is 0.727. The van der Waals surface area contributed by atoms with E-state index in [-0.39, 0.29) is 10.5 Å². The monoisotopic (exact) mass is 343 g/mol. The van der Waals surface area contributed by atoms with Gasteiger partial charge in [-0.05, 0) is 25.0 Å². The van der Waals surface area contributed by atoms with Crippen LogP contribution < -0.4 is 4.72 Å². The van der Waals surface area contributed by atoms with Crippen LogP contribution in [0.2, 0.25) is 0 Å². The molecular formula is C15H21NO6S. The number of aryl methyl sites for hydroxylation is 1. The number of ether oxygens (including phenoxy) is 1. The second kappa shape index (κ2) is 7.56.